The average molecular weight is 224 g/mol. The number of nitrogens with two attached hydrogens (primary N) is 1. The molecule has 1 rings (SSSR count). The zero-order chi connectivity index (χ0) is 11.8. The lowest BCUT2D eigenvalue weighted by Crippen LogP contribution is -2.13. The lowest BCUT2D eigenvalue weighted by molar-refractivity contribution is -0.387. The van der Waals surface area contributed by atoms with Crippen LogP contribution in [0.2, 0.25) is 0 Å². The Kier molecular flexibility index (Phi) is 2.52. The Bertz CT molecular complexity index is 416. The normalized spacial score (nSPS) is 11.5. The molecule has 0 aliphatic carbocycles. The predicted molar refractivity (Wildman–Crippen MR) is 42.5 cm³/mol. The van der Waals surface area contributed by atoms with E-state index in [9.17, 15) is 27.7 Å². The van der Waals surface area contributed by atoms with Crippen LogP contribution in [0.4, 0.5) is 28.9 Å². The van der Waals surface area contributed by atoms with Crippen molar-refractivity contribution in [2.24, 2.45) is 0 Å². The molecule has 0 aromatic heterocycles. The van der Waals surface area contributed by atoms with Gasteiger partial charge in [-0.1, -0.05) is 0 Å². The molecule has 0 atom stereocenters. The van der Waals surface area contributed by atoms with Gasteiger partial charge in [0.25, 0.3) is 0 Å². The van der Waals surface area contributed by atoms with Crippen molar-refractivity contribution in [1.82, 2.24) is 0 Å². The first-order chi connectivity index (χ1) is 6.75. The van der Waals surface area contributed by atoms with Crippen molar-refractivity contribution in [2.45, 2.75) is 6.18 Å². The van der Waals surface area contributed by atoms with Gasteiger partial charge in [-0.15, -0.1) is 0 Å². The van der Waals surface area contributed by atoms with Gasteiger partial charge in [-0.05, 0) is 6.07 Å². The molecule has 0 unspecified atom stereocenters. The highest BCUT2D eigenvalue weighted by molar-refractivity contribution is 5.55. The molecular weight excluding hydrogens is 220 g/mol. The molecule has 1 aromatic carbocycles. The SMILES string of the molecule is Nc1ccc([N+](=O)[O-])c(F)c1C(F)(F)F. The summed E-state index contributed by atoms with van der Waals surface area (Å²) in [5.74, 6) is -1.97. The molecule has 4 nitrogen and oxygen atoms in total. The number of nitro benzene ring substituents is 1. The summed E-state index contributed by atoms with van der Waals surface area (Å²) in [5, 5.41) is 10.2. The third-order valence-electron chi connectivity index (χ3n) is 1.63. The zero-order valence-corrected chi connectivity index (χ0v) is 7.01. The summed E-state index contributed by atoms with van der Waals surface area (Å²) in [5.41, 5.74) is 0.948. The second kappa shape index (κ2) is 3.37. The van der Waals surface area contributed by atoms with Crippen LogP contribution in [0.25, 0.3) is 0 Å². The van der Waals surface area contributed by atoms with Gasteiger partial charge in [0.1, 0.15) is 5.56 Å². The third kappa shape index (κ3) is 1.97. The predicted octanol–water partition coefficient (Wildman–Crippen LogP) is 2.33. The largest absolute Gasteiger partial charge is 0.421 e. The minimum atomic E-state index is -5.06. The third-order valence-corrected chi connectivity index (χ3v) is 1.63. The van der Waals surface area contributed by atoms with Gasteiger partial charge in [0, 0.05) is 11.8 Å². The molecule has 1 aromatic rings. The van der Waals surface area contributed by atoms with E-state index in [-0.39, 0.29) is 0 Å². The van der Waals surface area contributed by atoms with Crippen LogP contribution in [-0.2, 0) is 6.18 Å². The van der Waals surface area contributed by atoms with E-state index in [1.807, 2.05) is 0 Å². The Morgan fingerprint density at radius 1 is 1.33 bits per heavy atom. The summed E-state index contributed by atoms with van der Waals surface area (Å²) in [4.78, 5) is 8.92. The lowest BCUT2D eigenvalue weighted by Gasteiger charge is -2.10. The molecule has 0 heterocycles. The van der Waals surface area contributed by atoms with Crippen molar-refractivity contribution in [1.29, 1.82) is 0 Å². The van der Waals surface area contributed by atoms with Crippen LogP contribution >= 0.6 is 0 Å². The van der Waals surface area contributed by atoms with Crippen LogP contribution in [0.3, 0.4) is 0 Å². The maximum absolute atomic E-state index is 13.0. The molecule has 0 fully saturated rings. The van der Waals surface area contributed by atoms with Crippen molar-refractivity contribution < 1.29 is 22.5 Å². The molecule has 0 saturated heterocycles. The van der Waals surface area contributed by atoms with E-state index in [2.05, 4.69) is 0 Å². The van der Waals surface area contributed by atoms with E-state index in [0.29, 0.717) is 12.1 Å². The summed E-state index contributed by atoms with van der Waals surface area (Å²) < 4.78 is 49.7. The number of nitrogen functional groups attached to an aromatic ring is 1. The summed E-state index contributed by atoms with van der Waals surface area (Å²) >= 11 is 0. The van der Waals surface area contributed by atoms with E-state index in [0.717, 1.165) is 0 Å². The minimum Gasteiger partial charge on any atom is -0.398 e. The monoisotopic (exact) mass is 224 g/mol. The number of halogens is 4. The first kappa shape index (κ1) is 11.2. The van der Waals surface area contributed by atoms with E-state index in [1.165, 1.54) is 0 Å². The number of hydrogen-bond acceptors (Lipinski definition) is 3. The average Bonchev–Trinajstić information content (AvgIpc) is 2.00. The van der Waals surface area contributed by atoms with Gasteiger partial charge < -0.3 is 5.73 Å². The van der Waals surface area contributed by atoms with Crippen LogP contribution < -0.4 is 5.73 Å². The van der Waals surface area contributed by atoms with E-state index in [1.54, 1.807) is 0 Å². The number of nitrogens with zero attached hydrogens (tertiary/aromatic N) is 1. The highest BCUT2D eigenvalue weighted by Gasteiger charge is 2.39. The van der Waals surface area contributed by atoms with Gasteiger partial charge in [0.05, 0.1) is 4.92 Å². The topological polar surface area (TPSA) is 69.2 Å². The van der Waals surface area contributed by atoms with Crippen LogP contribution in [0.1, 0.15) is 5.56 Å². The number of rotatable bonds is 1. The summed E-state index contributed by atoms with van der Waals surface area (Å²) in [6, 6.07) is 1.23. The van der Waals surface area contributed by atoms with Gasteiger partial charge in [-0.2, -0.15) is 17.6 Å². The standard InChI is InChI=1S/C7H4F4N2O2/c8-6-4(13(14)15)2-1-3(12)5(6)7(9,10)11/h1-2H,12H2. The molecule has 8 heteroatoms. The van der Waals surface area contributed by atoms with Crippen molar-refractivity contribution >= 4 is 11.4 Å². The first-order valence-electron chi connectivity index (χ1n) is 3.54. The van der Waals surface area contributed by atoms with Gasteiger partial charge in [-0.25, -0.2) is 0 Å². The Balaban J connectivity index is 3.51. The maximum Gasteiger partial charge on any atom is 0.421 e. The molecule has 15 heavy (non-hydrogen) atoms. The maximum atomic E-state index is 13.0. The quantitative estimate of drug-likeness (QED) is 0.344. The molecule has 0 aliphatic rings. The van der Waals surface area contributed by atoms with Crippen LogP contribution in [0.5, 0.6) is 0 Å². The van der Waals surface area contributed by atoms with E-state index < -0.39 is 33.9 Å². The fraction of sp³-hybridized carbons (Fsp3) is 0.143. The second-order valence-corrected chi connectivity index (χ2v) is 2.62. The first-order valence-corrected chi connectivity index (χ1v) is 3.54. The molecule has 0 radical (unpaired) electrons. The summed E-state index contributed by atoms with van der Waals surface area (Å²) in [6.45, 7) is 0. The van der Waals surface area contributed by atoms with Gasteiger partial charge in [0.15, 0.2) is 0 Å². The van der Waals surface area contributed by atoms with Crippen LogP contribution in [0, 0.1) is 15.9 Å². The second-order valence-electron chi connectivity index (χ2n) is 2.62. The molecule has 0 spiro atoms. The fourth-order valence-corrected chi connectivity index (χ4v) is 1.01. The minimum absolute atomic E-state index is 0.583. The molecule has 0 aliphatic heterocycles. The molecule has 0 saturated carbocycles. The van der Waals surface area contributed by atoms with Crippen LogP contribution in [0.15, 0.2) is 12.1 Å². The molecule has 82 valence electrons. The number of benzene rings is 1. The van der Waals surface area contributed by atoms with E-state index in [4.69, 9.17) is 5.73 Å². The number of hydrogen-bond donors (Lipinski definition) is 1. The molecule has 0 bridgehead atoms. The smallest absolute Gasteiger partial charge is 0.398 e. The summed E-state index contributed by atoms with van der Waals surface area (Å²) in [6.07, 6.45) is -5.06. The molecule has 0 amide bonds. The number of alkyl halides is 3. The Hall–Kier alpha value is -1.86. The Labute approximate surface area is 80.5 Å². The zero-order valence-electron chi connectivity index (χ0n) is 7.01. The van der Waals surface area contributed by atoms with Crippen molar-refractivity contribution in [3.8, 4) is 0 Å². The Morgan fingerprint density at radius 2 is 1.87 bits per heavy atom. The fourth-order valence-electron chi connectivity index (χ4n) is 1.01. The van der Waals surface area contributed by atoms with Crippen molar-refractivity contribution in [3.63, 3.8) is 0 Å². The molecule has 2 N–H and O–H groups in total. The van der Waals surface area contributed by atoms with Gasteiger partial charge in [-0.3, -0.25) is 10.1 Å². The molecular formula is C7H4F4N2O2. The Morgan fingerprint density at radius 3 is 2.27 bits per heavy atom. The number of anilines is 1. The van der Waals surface area contributed by atoms with Crippen molar-refractivity contribution in [2.75, 3.05) is 5.73 Å². The van der Waals surface area contributed by atoms with Gasteiger partial charge in [0.2, 0.25) is 5.82 Å². The number of nitro groups is 1. The highest BCUT2D eigenvalue weighted by Crippen LogP contribution is 2.38. The highest BCUT2D eigenvalue weighted by atomic mass is 19.4. The summed E-state index contributed by atoms with van der Waals surface area (Å²) in [7, 11) is 0. The van der Waals surface area contributed by atoms with Gasteiger partial charge >= 0.3 is 11.9 Å². The van der Waals surface area contributed by atoms with Crippen molar-refractivity contribution in [3.05, 3.63) is 33.6 Å². The lowest BCUT2D eigenvalue weighted by atomic mass is 10.1. The van der Waals surface area contributed by atoms with E-state index >= 15 is 0 Å². The van der Waals surface area contributed by atoms with Crippen LogP contribution in [-0.4, -0.2) is 4.92 Å².